The summed E-state index contributed by atoms with van der Waals surface area (Å²) in [5.74, 6) is 0.503. The molecule has 3 aromatic carbocycles. The summed E-state index contributed by atoms with van der Waals surface area (Å²) >= 11 is 0. The predicted molar refractivity (Wildman–Crippen MR) is 103 cm³/mol. The first-order valence-corrected chi connectivity index (χ1v) is 8.68. The zero-order valence-corrected chi connectivity index (χ0v) is 15.1. The number of hydrogen-bond donors (Lipinski definition) is 0. The molecule has 0 fully saturated rings. The summed E-state index contributed by atoms with van der Waals surface area (Å²) in [6, 6.07) is 24.1. The van der Waals surface area contributed by atoms with Gasteiger partial charge in [-0.1, -0.05) is 48.5 Å². The Balaban J connectivity index is 1.59. The van der Waals surface area contributed by atoms with Gasteiger partial charge in [-0.25, -0.2) is 4.79 Å². The van der Waals surface area contributed by atoms with Gasteiger partial charge in [0.15, 0.2) is 12.4 Å². The maximum Gasteiger partial charge on any atom is 0.349 e. The summed E-state index contributed by atoms with van der Waals surface area (Å²) in [4.78, 5) is 23.3. The average Bonchev–Trinajstić information content (AvgIpc) is 2.68. The van der Waals surface area contributed by atoms with Crippen LogP contribution in [0.25, 0.3) is 0 Å². The molecule has 0 aromatic heterocycles. The molecule has 3 rings (SSSR count). The molecule has 27 heavy (non-hydrogen) atoms. The van der Waals surface area contributed by atoms with Crippen molar-refractivity contribution in [2.75, 3.05) is 6.61 Å². The Kier molecular flexibility index (Phi) is 6.00. The van der Waals surface area contributed by atoms with E-state index in [1.165, 1.54) is 12.5 Å². The van der Waals surface area contributed by atoms with Gasteiger partial charge in [0.25, 0.3) is 0 Å². The van der Waals surface area contributed by atoms with Crippen molar-refractivity contribution < 1.29 is 19.1 Å². The summed E-state index contributed by atoms with van der Waals surface area (Å²) in [7, 11) is 0. The SMILES string of the molecule is CC(=O)c1ccc(OC(=O)COc2ccccc2Cc2ccccc2)cc1. The van der Waals surface area contributed by atoms with Gasteiger partial charge in [-0.05, 0) is 48.4 Å². The van der Waals surface area contributed by atoms with E-state index in [0.29, 0.717) is 17.1 Å². The van der Waals surface area contributed by atoms with Crippen LogP contribution in [0.2, 0.25) is 0 Å². The molecule has 0 radical (unpaired) electrons. The largest absolute Gasteiger partial charge is 0.482 e. The van der Waals surface area contributed by atoms with Crippen LogP contribution in [0.4, 0.5) is 0 Å². The van der Waals surface area contributed by atoms with Gasteiger partial charge in [0.05, 0.1) is 0 Å². The maximum atomic E-state index is 12.1. The highest BCUT2D eigenvalue weighted by molar-refractivity contribution is 5.94. The Morgan fingerprint density at radius 3 is 2.19 bits per heavy atom. The van der Waals surface area contributed by atoms with Crippen LogP contribution in [-0.2, 0) is 11.2 Å². The summed E-state index contributed by atoms with van der Waals surface area (Å²) in [6.07, 6.45) is 0.721. The van der Waals surface area contributed by atoms with Crippen molar-refractivity contribution in [3.8, 4) is 11.5 Å². The summed E-state index contributed by atoms with van der Waals surface area (Å²) < 4.78 is 10.9. The number of Topliss-reactive ketones (excluding diaryl/α,β-unsaturated/α-hetero) is 1. The highest BCUT2D eigenvalue weighted by Gasteiger charge is 2.10. The van der Waals surface area contributed by atoms with E-state index >= 15 is 0 Å². The van der Waals surface area contributed by atoms with Gasteiger partial charge in [0.2, 0.25) is 0 Å². The molecule has 0 atom stereocenters. The van der Waals surface area contributed by atoms with Crippen LogP contribution < -0.4 is 9.47 Å². The van der Waals surface area contributed by atoms with Crippen LogP contribution in [0.1, 0.15) is 28.4 Å². The van der Waals surface area contributed by atoms with Crippen molar-refractivity contribution in [3.05, 3.63) is 95.6 Å². The molecule has 0 aliphatic heterocycles. The van der Waals surface area contributed by atoms with E-state index in [1.54, 1.807) is 24.3 Å². The molecule has 0 N–H and O–H groups in total. The van der Waals surface area contributed by atoms with Gasteiger partial charge in [0.1, 0.15) is 11.5 Å². The molecule has 0 bridgehead atoms. The molecular formula is C23H20O4. The van der Waals surface area contributed by atoms with Crippen LogP contribution in [0.3, 0.4) is 0 Å². The third-order valence-electron chi connectivity index (χ3n) is 4.05. The number of ketones is 1. The van der Waals surface area contributed by atoms with Crippen LogP contribution >= 0.6 is 0 Å². The minimum Gasteiger partial charge on any atom is -0.482 e. The number of rotatable bonds is 7. The van der Waals surface area contributed by atoms with Crippen molar-refractivity contribution in [3.63, 3.8) is 0 Å². The van der Waals surface area contributed by atoms with Crippen molar-refractivity contribution in [2.24, 2.45) is 0 Å². The Morgan fingerprint density at radius 1 is 0.815 bits per heavy atom. The molecule has 0 aliphatic rings. The van der Waals surface area contributed by atoms with Gasteiger partial charge in [-0.3, -0.25) is 4.79 Å². The highest BCUT2D eigenvalue weighted by Crippen LogP contribution is 2.21. The second kappa shape index (κ2) is 8.81. The first-order chi connectivity index (χ1) is 13.1. The van der Waals surface area contributed by atoms with Crippen molar-refractivity contribution in [2.45, 2.75) is 13.3 Å². The smallest absolute Gasteiger partial charge is 0.349 e. The number of hydrogen-bond acceptors (Lipinski definition) is 4. The van der Waals surface area contributed by atoms with Crippen LogP contribution in [0.5, 0.6) is 11.5 Å². The van der Waals surface area contributed by atoms with Gasteiger partial charge < -0.3 is 9.47 Å². The third-order valence-corrected chi connectivity index (χ3v) is 4.05. The molecule has 4 nitrogen and oxygen atoms in total. The molecule has 0 saturated heterocycles. The van der Waals surface area contributed by atoms with E-state index in [0.717, 1.165) is 12.0 Å². The Hall–Kier alpha value is -3.40. The zero-order valence-electron chi connectivity index (χ0n) is 15.1. The fourth-order valence-corrected chi connectivity index (χ4v) is 2.66. The summed E-state index contributed by atoms with van der Waals surface area (Å²) in [5.41, 5.74) is 2.74. The quantitative estimate of drug-likeness (QED) is 0.354. The number of para-hydroxylation sites is 1. The first-order valence-electron chi connectivity index (χ1n) is 8.68. The van der Waals surface area contributed by atoms with Crippen LogP contribution in [-0.4, -0.2) is 18.4 Å². The molecule has 0 aliphatic carbocycles. The predicted octanol–water partition coefficient (Wildman–Crippen LogP) is 4.46. The average molecular weight is 360 g/mol. The zero-order chi connectivity index (χ0) is 19.1. The standard InChI is InChI=1S/C23H20O4/c1-17(24)19-11-13-21(14-12-19)27-23(25)16-26-22-10-6-5-9-20(22)15-18-7-3-2-4-8-18/h2-14H,15-16H2,1H3. The van der Waals surface area contributed by atoms with Crippen LogP contribution in [0.15, 0.2) is 78.9 Å². The highest BCUT2D eigenvalue weighted by atomic mass is 16.6. The van der Waals surface area contributed by atoms with Crippen LogP contribution in [0, 0.1) is 0 Å². The van der Waals surface area contributed by atoms with E-state index in [9.17, 15) is 9.59 Å². The van der Waals surface area contributed by atoms with E-state index < -0.39 is 5.97 Å². The second-order valence-electron chi connectivity index (χ2n) is 6.11. The molecular weight excluding hydrogens is 340 g/mol. The van der Waals surface area contributed by atoms with E-state index in [2.05, 4.69) is 12.1 Å². The Bertz CT molecular complexity index is 915. The fraction of sp³-hybridized carbons (Fsp3) is 0.130. The topological polar surface area (TPSA) is 52.6 Å². The molecule has 136 valence electrons. The number of benzene rings is 3. The van der Waals surface area contributed by atoms with Gasteiger partial charge in [-0.15, -0.1) is 0 Å². The van der Waals surface area contributed by atoms with Crippen molar-refractivity contribution in [1.29, 1.82) is 0 Å². The van der Waals surface area contributed by atoms with E-state index in [4.69, 9.17) is 9.47 Å². The summed E-state index contributed by atoms with van der Waals surface area (Å²) in [6.45, 7) is 1.29. The fourth-order valence-electron chi connectivity index (χ4n) is 2.66. The van der Waals surface area contributed by atoms with Crippen molar-refractivity contribution >= 4 is 11.8 Å². The number of esters is 1. The Labute approximate surface area is 158 Å². The lowest BCUT2D eigenvalue weighted by molar-refractivity contribution is -0.136. The molecule has 0 heterocycles. The van der Waals surface area contributed by atoms with Gasteiger partial charge >= 0.3 is 5.97 Å². The number of ether oxygens (including phenoxy) is 2. The lowest BCUT2D eigenvalue weighted by atomic mass is 10.0. The molecule has 0 spiro atoms. The molecule has 0 saturated carbocycles. The minimum atomic E-state index is -0.500. The minimum absolute atomic E-state index is 0.0359. The van der Waals surface area contributed by atoms with Gasteiger partial charge in [-0.2, -0.15) is 0 Å². The lowest BCUT2D eigenvalue weighted by Gasteiger charge is -2.11. The van der Waals surface area contributed by atoms with Crippen molar-refractivity contribution in [1.82, 2.24) is 0 Å². The molecule has 0 unspecified atom stereocenters. The maximum absolute atomic E-state index is 12.1. The first kappa shape index (κ1) is 18.4. The molecule has 0 amide bonds. The second-order valence-corrected chi connectivity index (χ2v) is 6.11. The Morgan fingerprint density at radius 2 is 1.48 bits per heavy atom. The van der Waals surface area contributed by atoms with E-state index in [-0.39, 0.29) is 12.4 Å². The third kappa shape index (κ3) is 5.28. The van der Waals surface area contributed by atoms with E-state index in [1.807, 2.05) is 42.5 Å². The normalized spacial score (nSPS) is 10.3. The number of carbonyl (C=O) groups excluding carboxylic acids is 2. The lowest BCUT2D eigenvalue weighted by Crippen LogP contribution is -2.18. The monoisotopic (exact) mass is 360 g/mol. The number of carbonyl (C=O) groups is 2. The molecule has 4 heteroatoms. The van der Waals surface area contributed by atoms with Gasteiger partial charge in [0, 0.05) is 12.0 Å². The summed E-state index contributed by atoms with van der Waals surface area (Å²) in [5, 5.41) is 0. The molecule has 3 aromatic rings.